The summed E-state index contributed by atoms with van der Waals surface area (Å²) >= 11 is 6.42. The average molecular weight is 642 g/mol. The first-order valence-corrected chi connectivity index (χ1v) is 15.3. The fourth-order valence-electron chi connectivity index (χ4n) is 4.56. The van der Waals surface area contributed by atoms with Gasteiger partial charge in [-0.25, -0.2) is 18.2 Å². The molecule has 11 nitrogen and oxygen atoms in total. The van der Waals surface area contributed by atoms with Crippen LogP contribution >= 0.6 is 11.6 Å². The lowest BCUT2D eigenvalue weighted by atomic mass is 10.0. The lowest BCUT2D eigenvalue weighted by Gasteiger charge is -2.35. The first kappa shape index (κ1) is 32.1. The molecule has 0 aliphatic carbocycles. The third-order valence-electron chi connectivity index (χ3n) is 7.00. The van der Waals surface area contributed by atoms with E-state index in [9.17, 15) is 21.6 Å². The van der Waals surface area contributed by atoms with Crippen LogP contribution in [0.3, 0.4) is 0 Å². The van der Waals surface area contributed by atoms with Crippen LogP contribution in [0.15, 0.2) is 42.6 Å². The number of aromatic nitrogens is 2. The summed E-state index contributed by atoms with van der Waals surface area (Å²) in [7, 11) is 0.223. The van der Waals surface area contributed by atoms with Crippen molar-refractivity contribution in [1.29, 1.82) is 0 Å². The van der Waals surface area contributed by atoms with E-state index in [1.54, 1.807) is 0 Å². The van der Waals surface area contributed by atoms with Crippen molar-refractivity contribution >= 4 is 62.1 Å². The highest BCUT2D eigenvalue weighted by Crippen LogP contribution is 2.35. The highest BCUT2D eigenvalue weighted by atomic mass is 35.5. The molecular weight excluding hydrogens is 611 g/mol. The van der Waals surface area contributed by atoms with Crippen LogP contribution in [0.1, 0.15) is 11.1 Å². The molecule has 6 bridgehead atoms. The van der Waals surface area contributed by atoms with E-state index in [1.807, 2.05) is 18.2 Å². The van der Waals surface area contributed by atoms with Gasteiger partial charge in [0.15, 0.2) is 5.82 Å². The number of alkyl halides is 3. The Hall–Kier alpha value is -3.82. The number of likely N-dealkylation sites (N-methyl/N-ethyl adjacent to an activating group) is 1. The second-order valence-electron chi connectivity index (χ2n) is 10.2. The SMILES string of the molecule is CN1CCN(c2ccc3cc2CCc2ccc(N(C)S(C)(=O)=O)c(c2)Nc2nc(ncc2Cl)N3)CC1.O=C(O)C(F)(F)F. The van der Waals surface area contributed by atoms with Crippen molar-refractivity contribution in [3.8, 4) is 0 Å². The van der Waals surface area contributed by atoms with Crippen LogP contribution < -0.4 is 19.8 Å². The Labute approximate surface area is 252 Å². The number of hydrogen-bond donors (Lipinski definition) is 3. The third kappa shape index (κ3) is 8.18. The monoisotopic (exact) mass is 641 g/mol. The molecule has 0 radical (unpaired) electrons. The number of hydrogen-bond acceptors (Lipinski definition) is 9. The van der Waals surface area contributed by atoms with Gasteiger partial charge in [0.25, 0.3) is 0 Å². The molecule has 3 aromatic rings. The van der Waals surface area contributed by atoms with Gasteiger partial charge in [-0.1, -0.05) is 17.7 Å². The number of aryl methyl sites for hydroxylation is 2. The molecule has 3 heterocycles. The summed E-state index contributed by atoms with van der Waals surface area (Å²) in [6, 6.07) is 12.2. The van der Waals surface area contributed by atoms with Crippen LogP contribution in [0.25, 0.3) is 0 Å². The minimum absolute atomic E-state index is 0.333. The zero-order valence-electron chi connectivity index (χ0n) is 23.6. The number of halogens is 4. The zero-order chi connectivity index (χ0) is 31.5. The number of benzene rings is 2. The fraction of sp³-hybridized carbons (Fsp3) is 0.370. The van der Waals surface area contributed by atoms with Crippen molar-refractivity contribution in [3.63, 3.8) is 0 Å². The van der Waals surface area contributed by atoms with E-state index in [2.05, 4.69) is 55.6 Å². The molecule has 16 heteroatoms. The van der Waals surface area contributed by atoms with Crippen LogP contribution in [-0.2, 0) is 27.7 Å². The average Bonchev–Trinajstić information content (AvgIpc) is 2.93. The Kier molecular flexibility index (Phi) is 9.57. The summed E-state index contributed by atoms with van der Waals surface area (Å²) < 4.78 is 57.6. The molecule has 5 rings (SSSR count). The fourth-order valence-corrected chi connectivity index (χ4v) is 5.22. The van der Waals surface area contributed by atoms with E-state index in [1.165, 1.54) is 35.1 Å². The Morgan fingerprint density at radius 3 is 2.37 bits per heavy atom. The number of sulfonamides is 1. The molecule has 1 aromatic heterocycles. The van der Waals surface area contributed by atoms with Gasteiger partial charge in [-0.3, -0.25) is 4.31 Å². The first-order valence-electron chi connectivity index (χ1n) is 13.1. The van der Waals surface area contributed by atoms with E-state index < -0.39 is 22.2 Å². The van der Waals surface area contributed by atoms with Gasteiger partial charge in [-0.2, -0.15) is 18.2 Å². The number of rotatable bonds is 3. The Balaban J connectivity index is 0.000000541. The summed E-state index contributed by atoms with van der Waals surface area (Å²) in [5.74, 6) is -1.97. The minimum Gasteiger partial charge on any atom is -0.475 e. The molecule has 0 saturated carbocycles. The van der Waals surface area contributed by atoms with Gasteiger partial charge in [-0.05, 0) is 61.3 Å². The summed E-state index contributed by atoms with van der Waals surface area (Å²) in [5, 5.41) is 14.0. The smallest absolute Gasteiger partial charge is 0.475 e. The first-order chi connectivity index (χ1) is 20.1. The van der Waals surface area contributed by atoms with E-state index in [-0.39, 0.29) is 0 Å². The number of aliphatic carboxylic acids is 1. The number of fused-ring (bicyclic) bond motifs is 6. The summed E-state index contributed by atoms with van der Waals surface area (Å²) in [5.41, 5.74) is 5.59. The Morgan fingerprint density at radius 1 is 1.07 bits per heavy atom. The predicted octanol–water partition coefficient (Wildman–Crippen LogP) is 4.50. The number of anilines is 6. The number of nitrogens with one attached hydrogen (secondary N) is 2. The highest BCUT2D eigenvalue weighted by Gasteiger charge is 2.38. The number of piperazine rings is 1. The molecule has 0 unspecified atom stereocenters. The van der Waals surface area contributed by atoms with Gasteiger partial charge in [0.2, 0.25) is 16.0 Å². The molecule has 1 saturated heterocycles. The van der Waals surface area contributed by atoms with Gasteiger partial charge in [0.1, 0.15) is 5.02 Å². The summed E-state index contributed by atoms with van der Waals surface area (Å²) in [4.78, 5) is 22.6. The molecule has 3 N–H and O–H groups in total. The van der Waals surface area contributed by atoms with E-state index in [0.29, 0.717) is 28.2 Å². The quantitative estimate of drug-likeness (QED) is 0.376. The number of nitrogens with zero attached hydrogens (tertiary/aromatic N) is 5. The van der Waals surface area contributed by atoms with Crippen molar-refractivity contribution in [2.45, 2.75) is 19.0 Å². The van der Waals surface area contributed by atoms with E-state index >= 15 is 0 Å². The van der Waals surface area contributed by atoms with Crippen molar-refractivity contribution in [3.05, 3.63) is 58.7 Å². The normalized spacial score (nSPS) is 15.4. The molecule has 43 heavy (non-hydrogen) atoms. The molecule has 232 valence electrons. The maximum absolute atomic E-state index is 12.3. The molecule has 2 aliphatic heterocycles. The van der Waals surface area contributed by atoms with Gasteiger partial charge in [-0.15, -0.1) is 0 Å². The number of carboxylic acids is 1. The van der Waals surface area contributed by atoms with Crippen molar-refractivity contribution in [2.75, 3.05) is 66.4 Å². The minimum atomic E-state index is -5.08. The Morgan fingerprint density at radius 2 is 1.74 bits per heavy atom. The third-order valence-corrected chi connectivity index (χ3v) is 8.47. The maximum Gasteiger partial charge on any atom is 0.490 e. The lowest BCUT2D eigenvalue weighted by molar-refractivity contribution is -0.192. The number of carboxylic acid groups (broad SMARTS) is 1. The van der Waals surface area contributed by atoms with Crippen LogP contribution in [-0.4, -0.2) is 87.1 Å². The van der Waals surface area contributed by atoms with Gasteiger partial charge >= 0.3 is 12.1 Å². The van der Waals surface area contributed by atoms with Gasteiger partial charge < -0.3 is 25.5 Å². The maximum atomic E-state index is 12.3. The zero-order valence-corrected chi connectivity index (χ0v) is 25.2. The topological polar surface area (TPSA) is 131 Å². The van der Waals surface area contributed by atoms with Crippen molar-refractivity contribution < 1.29 is 31.5 Å². The molecule has 1 fully saturated rings. The van der Waals surface area contributed by atoms with Crippen LogP contribution in [0, 0.1) is 0 Å². The highest BCUT2D eigenvalue weighted by molar-refractivity contribution is 7.92. The Bertz CT molecular complexity index is 1600. The van der Waals surface area contributed by atoms with Crippen molar-refractivity contribution in [2.24, 2.45) is 0 Å². The molecule has 0 atom stereocenters. The predicted molar refractivity (Wildman–Crippen MR) is 161 cm³/mol. The second kappa shape index (κ2) is 12.8. The number of carbonyl (C=O) groups is 1. The molecular formula is C27H31ClF3N7O4S. The molecule has 0 spiro atoms. The largest absolute Gasteiger partial charge is 0.490 e. The van der Waals surface area contributed by atoms with Gasteiger partial charge in [0, 0.05) is 44.6 Å². The van der Waals surface area contributed by atoms with E-state index in [0.717, 1.165) is 50.3 Å². The summed E-state index contributed by atoms with van der Waals surface area (Å²) in [6.07, 6.45) is -0.752. The van der Waals surface area contributed by atoms with Crippen LogP contribution in [0.5, 0.6) is 0 Å². The molecule has 0 amide bonds. The van der Waals surface area contributed by atoms with Crippen LogP contribution in [0.2, 0.25) is 5.02 Å². The second-order valence-corrected chi connectivity index (χ2v) is 12.6. The van der Waals surface area contributed by atoms with E-state index in [4.69, 9.17) is 21.5 Å². The van der Waals surface area contributed by atoms with Crippen LogP contribution in [0.4, 0.5) is 47.7 Å². The summed E-state index contributed by atoms with van der Waals surface area (Å²) in [6.45, 7) is 4.04. The molecule has 2 aliphatic rings. The van der Waals surface area contributed by atoms with Crippen molar-refractivity contribution in [1.82, 2.24) is 14.9 Å². The lowest BCUT2D eigenvalue weighted by Crippen LogP contribution is -2.44. The van der Waals surface area contributed by atoms with Gasteiger partial charge in [0.05, 0.1) is 23.8 Å². The standard InChI is InChI=1S/C25H30ClN7O2S.C2HF3O2/c1-31-10-12-33(13-11-31)22-9-7-19-15-18(22)6-4-17-5-8-23(32(2)36(3,34)35)21(14-17)29-24-20(26)16-27-25(28-19)30-24;3-2(4,5)1(6)7/h5,7-9,14-16H,4,6,10-13H2,1-3H3,(H2,27,28,29,30);(H,6,7). The molecule has 2 aromatic carbocycles.